The second kappa shape index (κ2) is 5.80. The number of halogens is 3. The largest absolute Gasteiger partial charge is 0.416 e. The van der Waals surface area contributed by atoms with Crippen molar-refractivity contribution in [1.29, 1.82) is 0 Å². The molecule has 0 fully saturated rings. The molecule has 1 N–H and O–H groups in total. The van der Waals surface area contributed by atoms with Crippen LogP contribution >= 0.6 is 0 Å². The zero-order valence-electron chi connectivity index (χ0n) is 12.3. The van der Waals surface area contributed by atoms with Crippen molar-refractivity contribution in [3.05, 3.63) is 64.7 Å². The maximum Gasteiger partial charge on any atom is 0.416 e. The number of hydrogen-bond acceptors (Lipinski definition) is 1. The van der Waals surface area contributed by atoms with Gasteiger partial charge in [0.25, 0.3) is 0 Å². The van der Waals surface area contributed by atoms with Gasteiger partial charge >= 0.3 is 6.18 Å². The van der Waals surface area contributed by atoms with E-state index in [0.717, 1.165) is 22.9 Å². The highest BCUT2D eigenvalue weighted by Gasteiger charge is 2.30. The van der Waals surface area contributed by atoms with Crippen molar-refractivity contribution >= 4 is 5.69 Å². The zero-order chi connectivity index (χ0) is 15.6. The van der Waals surface area contributed by atoms with Crippen LogP contribution in [0.15, 0.2) is 42.5 Å². The average Bonchev–Trinajstić information content (AvgIpc) is 2.42. The Kier molecular flexibility index (Phi) is 4.26. The number of alkyl halides is 3. The second-order valence-electron chi connectivity index (χ2n) is 5.31. The minimum atomic E-state index is -4.31. The van der Waals surface area contributed by atoms with Gasteiger partial charge in [-0.05, 0) is 55.7 Å². The predicted octanol–water partition coefficient (Wildman–Crippen LogP) is 5.50. The molecule has 21 heavy (non-hydrogen) atoms. The Balaban J connectivity index is 2.24. The number of rotatable bonds is 3. The molecule has 0 bridgehead atoms. The topological polar surface area (TPSA) is 12.0 Å². The predicted molar refractivity (Wildman–Crippen MR) is 79.4 cm³/mol. The first-order chi connectivity index (χ1) is 9.77. The lowest BCUT2D eigenvalue weighted by Gasteiger charge is -2.19. The molecule has 2 aromatic rings. The fourth-order valence-corrected chi connectivity index (χ4v) is 2.19. The number of hydrogen-bond donors (Lipinski definition) is 1. The van der Waals surface area contributed by atoms with Crippen LogP contribution in [0.3, 0.4) is 0 Å². The van der Waals surface area contributed by atoms with Gasteiger partial charge in [-0.3, -0.25) is 0 Å². The maximum absolute atomic E-state index is 12.8. The third kappa shape index (κ3) is 3.78. The Bertz CT molecular complexity index is 632. The van der Waals surface area contributed by atoms with E-state index in [0.29, 0.717) is 5.56 Å². The molecule has 0 saturated heterocycles. The van der Waals surface area contributed by atoms with Crippen molar-refractivity contribution in [2.75, 3.05) is 5.32 Å². The quantitative estimate of drug-likeness (QED) is 0.788. The molecule has 0 spiro atoms. The monoisotopic (exact) mass is 293 g/mol. The highest BCUT2D eigenvalue weighted by atomic mass is 19.4. The molecule has 0 aliphatic heterocycles. The van der Waals surface area contributed by atoms with E-state index in [1.165, 1.54) is 12.1 Å². The van der Waals surface area contributed by atoms with Crippen LogP contribution in [-0.2, 0) is 6.18 Å². The first-order valence-electron chi connectivity index (χ1n) is 6.78. The molecule has 0 aromatic heterocycles. The number of benzene rings is 2. The molecule has 4 heteroatoms. The summed E-state index contributed by atoms with van der Waals surface area (Å²) in [5.41, 5.74) is 3.12. The molecule has 0 aliphatic carbocycles. The summed E-state index contributed by atoms with van der Waals surface area (Å²) in [6.45, 7) is 5.82. The highest BCUT2D eigenvalue weighted by Crippen LogP contribution is 2.31. The van der Waals surface area contributed by atoms with Crippen LogP contribution < -0.4 is 5.32 Å². The van der Waals surface area contributed by atoms with Gasteiger partial charge in [-0.1, -0.05) is 24.3 Å². The number of anilines is 1. The molecule has 2 rings (SSSR count). The Hall–Kier alpha value is -1.97. The average molecular weight is 293 g/mol. The molecule has 2 aromatic carbocycles. The van der Waals surface area contributed by atoms with Crippen molar-refractivity contribution < 1.29 is 13.2 Å². The first kappa shape index (κ1) is 15.4. The minimum absolute atomic E-state index is 0.201. The van der Waals surface area contributed by atoms with Crippen LogP contribution in [0.2, 0.25) is 0 Å². The van der Waals surface area contributed by atoms with Crippen LogP contribution in [0.5, 0.6) is 0 Å². The van der Waals surface area contributed by atoms with E-state index in [9.17, 15) is 13.2 Å². The van der Waals surface area contributed by atoms with E-state index in [2.05, 4.69) is 5.32 Å². The summed E-state index contributed by atoms with van der Waals surface area (Å²) in [5.74, 6) is 0. The normalized spacial score (nSPS) is 13.0. The Morgan fingerprint density at radius 3 is 2.38 bits per heavy atom. The second-order valence-corrected chi connectivity index (χ2v) is 5.31. The van der Waals surface area contributed by atoms with Gasteiger partial charge in [-0.15, -0.1) is 0 Å². The number of nitrogens with one attached hydrogen (secondary N) is 1. The van der Waals surface area contributed by atoms with Crippen LogP contribution in [0.25, 0.3) is 0 Å². The molecular weight excluding hydrogens is 275 g/mol. The zero-order valence-corrected chi connectivity index (χ0v) is 12.3. The molecule has 0 heterocycles. The molecule has 112 valence electrons. The van der Waals surface area contributed by atoms with Gasteiger partial charge in [0.2, 0.25) is 0 Å². The van der Waals surface area contributed by atoms with E-state index >= 15 is 0 Å². The standard InChI is InChI=1S/C17H18F3N/c1-11-7-8-12(2)16(9-11)21-13(3)14-5-4-6-15(10-14)17(18,19)20/h4-10,13,21H,1-3H3. The fraction of sp³-hybridized carbons (Fsp3) is 0.294. The van der Waals surface area contributed by atoms with Crippen LogP contribution in [-0.4, -0.2) is 0 Å². The SMILES string of the molecule is Cc1ccc(C)c(NC(C)c2cccc(C(F)(F)F)c2)c1. The molecule has 1 atom stereocenters. The smallest absolute Gasteiger partial charge is 0.378 e. The van der Waals surface area contributed by atoms with Gasteiger partial charge < -0.3 is 5.32 Å². The molecule has 0 radical (unpaired) electrons. The summed E-state index contributed by atoms with van der Waals surface area (Å²) in [5, 5.41) is 3.28. The number of aryl methyl sites for hydroxylation is 2. The summed E-state index contributed by atoms with van der Waals surface area (Å²) in [4.78, 5) is 0. The molecule has 0 amide bonds. The van der Waals surface area contributed by atoms with E-state index in [4.69, 9.17) is 0 Å². The first-order valence-corrected chi connectivity index (χ1v) is 6.78. The van der Waals surface area contributed by atoms with E-state index in [1.54, 1.807) is 6.07 Å². The lowest BCUT2D eigenvalue weighted by Crippen LogP contribution is -2.10. The van der Waals surface area contributed by atoms with Gasteiger partial charge in [-0.2, -0.15) is 13.2 Å². The summed E-state index contributed by atoms with van der Waals surface area (Å²) >= 11 is 0. The minimum Gasteiger partial charge on any atom is -0.378 e. The molecule has 0 aliphatic rings. The van der Waals surface area contributed by atoms with Crippen LogP contribution in [0.1, 0.15) is 35.2 Å². The fourth-order valence-electron chi connectivity index (χ4n) is 2.19. The van der Waals surface area contributed by atoms with Gasteiger partial charge in [0.1, 0.15) is 0 Å². The Morgan fingerprint density at radius 2 is 1.71 bits per heavy atom. The van der Waals surface area contributed by atoms with Crippen LogP contribution in [0.4, 0.5) is 18.9 Å². The van der Waals surface area contributed by atoms with Crippen molar-refractivity contribution in [1.82, 2.24) is 0 Å². The Labute approximate surface area is 122 Å². The summed E-state index contributed by atoms with van der Waals surface area (Å²) in [6.07, 6.45) is -4.31. The van der Waals surface area contributed by atoms with Crippen molar-refractivity contribution in [2.45, 2.75) is 33.0 Å². The summed E-state index contributed by atoms with van der Waals surface area (Å²) in [6, 6.07) is 11.2. The van der Waals surface area contributed by atoms with E-state index in [-0.39, 0.29) is 6.04 Å². The molecule has 1 nitrogen and oxygen atoms in total. The van der Waals surface area contributed by atoms with Crippen molar-refractivity contribution in [3.8, 4) is 0 Å². The van der Waals surface area contributed by atoms with Gasteiger partial charge in [0.05, 0.1) is 5.56 Å². The molecule has 1 unspecified atom stereocenters. The Morgan fingerprint density at radius 1 is 1.00 bits per heavy atom. The third-order valence-electron chi connectivity index (χ3n) is 3.48. The molecule has 0 saturated carbocycles. The summed E-state index contributed by atoms with van der Waals surface area (Å²) in [7, 11) is 0. The van der Waals surface area contributed by atoms with E-state index in [1.807, 2.05) is 39.0 Å². The lowest BCUT2D eigenvalue weighted by molar-refractivity contribution is -0.137. The van der Waals surface area contributed by atoms with E-state index < -0.39 is 11.7 Å². The summed E-state index contributed by atoms with van der Waals surface area (Å²) < 4.78 is 38.3. The van der Waals surface area contributed by atoms with Crippen molar-refractivity contribution in [2.24, 2.45) is 0 Å². The van der Waals surface area contributed by atoms with Gasteiger partial charge in [-0.25, -0.2) is 0 Å². The van der Waals surface area contributed by atoms with Gasteiger partial charge in [0.15, 0.2) is 0 Å². The third-order valence-corrected chi connectivity index (χ3v) is 3.48. The molecular formula is C17H18F3N. The van der Waals surface area contributed by atoms with Crippen molar-refractivity contribution in [3.63, 3.8) is 0 Å². The van der Waals surface area contributed by atoms with Crippen LogP contribution in [0, 0.1) is 13.8 Å². The maximum atomic E-state index is 12.8. The highest BCUT2D eigenvalue weighted by molar-refractivity contribution is 5.54. The lowest BCUT2D eigenvalue weighted by atomic mass is 10.0. The van der Waals surface area contributed by atoms with Gasteiger partial charge in [0, 0.05) is 11.7 Å².